The Kier molecular flexibility index (Phi) is 7.55. The predicted molar refractivity (Wildman–Crippen MR) is 130 cm³/mol. The number of nitrogens with two attached hydrogens (primary N) is 1. The standard InChI is InChI=1S/C25H31N5O3S/c1-19-3-2-4-22(15-19)17-29-13-11-20(12-14-29)7-10-25(31)24-16-27-30(28-24)18-21-5-8-23(9-6-21)34(26,32)33/h2-6,8-9,15-16,20H,7,10-14,17-18H2,1H3,(H2,26,32,33). The molecule has 0 radical (unpaired) electrons. The normalized spacial score (nSPS) is 15.5. The van der Waals surface area contributed by atoms with E-state index < -0.39 is 10.0 Å². The zero-order valence-electron chi connectivity index (χ0n) is 19.4. The highest BCUT2D eigenvalue weighted by Crippen LogP contribution is 2.24. The van der Waals surface area contributed by atoms with E-state index in [2.05, 4.69) is 46.3 Å². The molecule has 0 bridgehead atoms. The van der Waals surface area contributed by atoms with Crippen LogP contribution in [-0.4, -0.2) is 47.2 Å². The van der Waals surface area contributed by atoms with Gasteiger partial charge in [-0.05, 0) is 68.5 Å². The second-order valence-corrected chi connectivity index (χ2v) is 10.7. The highest BCUT2D eigenvalue weighted by atomic mass is 32.2. The molecule has 2 N–H and O–H groups in total. The Labute approximate surface area is 200 Å². The van der Waals surface area contributed by atoms with E-state index in [-0.39, 0.29) is 10.7 Å². The van der Waals surface area contributed by atoms with Crippen molar-refractivity contribution in [2.45, 2.75) is 50.6 Å². The summed E-state index contributed by atoms with van der Waals surface area (Å²) in [4.78, 5) is 16.6. The molecule has 1 aliphatic rings. The number of aromatic nitrogens is 3. The third kappa shape index (κ3) is 6.59. The third-order valence-electron chi connectivity index (χ3n) is 6.37. The van der Waals surface area contributed by atoms with Gasteiger partial charge in [0.2, 0.25) is 10.0 Å². The van der Waals surface area contributed by atoms with Crippen LogP contribution < -0.4 is 5.14 Å². The summed E-state index contributed by atoms with van der Waals surface area (Å²) in [5.41, 5.74) is 3.84. The number of likely N-dealkylation sites (tertiary alicyclic amines) is 1. The van der Waals surface area contributed by atoms with Gasteiger partial charge in [0, 0.05) is 13.0 Å². The van der Waals surface area contributed by atoms with E-state index in [9.17, 15) is 13.2 Å². The minimum Gasteiger partial charge on any atom is -0.299 e. The summed E-state index contributed by atoms with van der Waals surface area (Å²) in [6.45, 7) is 5.58. The van der Waals surface area contributed by atoms with Crippen LogP contribution in [0.2, 0.25) is 0 Å². The molecule has 180 valence electrons. The molecule has 2 heterocycles. The third-order valence-corrected chi connectivity index (χ3v) is 7.30. The first-order valence-corrected chi connectivity index (χ1v) is 13.1. The molecule has 0 amide bonds. The fourth-order valence-electron chi connectivity index (χ4n) is 4.41. The van der Waals surface area contributed by atoms with Gasteiger partial charge in [-0.15, -0.1) is 5.10 Å². The molecule has 34 heavy (non-hydrogen) atoms. The minimum atomic E-state index is -3.72. The molecule has 8 nitrogen and oxygen atoms in total. The number of primary sulfonamides is 1. The number of aryl methyl sites for hydroxylation is 1. The van der Waals surface area contributed by atoms with Crippen LogP contribution in [0.5, 0.6) is 0 Å². The molecule has 0 atom stereocenters. The molecule has 1 aromatic heterocycles. The quantitative estimate of drug-likeness (QED) is 0.470. The smallest absolute Gasteiger partial charge is 0.238 e. The van der Waals surface area contributed by atoms with Crippen LogP contribution in [0.25, 0.3) is 0 Å². The van der Waals surface area contributed by atoms with Crippen molar-refractivity contribution in [3.8, 4) is 0 Å². The van der Waals surface area contributed by atoms with Gasteiger partial charge in [-0.1, -0.05) is 42.0 Å². The van der Waals surface area contributed by atoms with E-state index in [1.165, 1.54) is 34.3 Å². The molecule has 0 unspecified atom stereocenters. The average Bonchev–Trinajstić information content (AvgIpc) is 3.27. The van der Waals surface area contributed by atoms with Crippen molar-refractivity contribution in [3.05, 3.63) is 77.1 Å². The number of hydrogen-bond acceptors (Lipinski definition) is 6. The number of hydrogen-bond donors (Lipinski definition) is 1. The maximum absolute atomic E-state index is 12.6. The van der Waals surface area contributed by atoms with Crippen molar-refractivity contribution >= 4 is 15.8 Å². The molecular formula is C25H31N5O3S. The zero-order chi connectivity index (χ0) is 24.1. The van der Waals surface area contributed by atoms with Gasteiger partial charge in [0.1, 0.15) is 5.69 Å². The molecule has 3 aromatic rings. The summed E-state index contributed by atoms with van der Waals surface area (Å²) in [5, 5.41) is 13.6. The van der Waals surface area contributed by atoms with E-state index in [0.29, 0.717) is 24.6 Å². The maximum atomic E-state index is 12.6. The van der Waals surface area contributed by atoms with Crippen LogP contribution in [0.1, 0.15) is 52.9 Å². The van der Waals surface area contributed by atoms with Gasteiger partial charge in [0.25, 0.3) is 0 Å². The van der Waals surface area contributed by atoms with Crippen molar-refractivity contribution in [1.82, 2.24) is 19.9 Å². The lowest BCUT2D eigenvalue weighted by Crippen LogP contribution is -2.33. The summed E-state index contributed by atoms with van der Waals surface area (Å²) >= 11 is 0. The molecule has 4 rings (SSSR count). The molecule has 9 heteroatoms. The van der Waals surface area contributed by atoms with Gasteiger partial charge in [0.15, 0.2) is 5.78 Å². The predicted octanol–water partition coefficient (Wildman–Crippen LogP) is 3.16. The topological polar surface area (TPSA) is 111 Å². The monoisotopic (exact) mass is 481 g/mol. The summed E-state index contributed by atoms with van der Waals surface area (Å²) < 4.78 is 22.7. The molecule has 2 aromatic carbocycles. The van der Waals surface area contributed by atoms with Crippen LogP contribution in [-0.2, 0) is 23.1 Å². The molecule has 1 saturated heterocycles. The van der Waals surface area contributed by atoms with Crippen LogP contribution in [0, 0.1) is 12.8 Å². The lowest BCUT2D eigenvalue weighted by atomic mass is 9.91. The molecular weight excluding hydrogens is 450 g/mol. The van der Waals surface area contributed by atoms with Gasteiger partial charge in [-0.25, -0.2) is 13.6 Å². The van der Waals surface area contributed by atoms with E-state index in [4.69, 9.17) is 5.14 Å². The highest BCUT2D eigenvalue weighted by Gasteiger charge is 2.21. The van der Waals surface area contributed by atoms with Crippen LogP contribution in [0.3, 0.4) is 0 Å². The lowest BCUT2D eigenvalue weighted by Gasteiger charge is -2.32. The molecule has 0 aliphatic carbocycles. The molecule has 0 saturated carbocycles. The second kappa shape index (κ2) is 10.6. The van der Waals surface area contributed by atoms with Crippen LogP contribution >= 0.6 is 0 Å². The number of carbonyl (C=O) groups is 1. The Balaban J connectivity index is 1.22. The first-order valence-electron chi connectivity index (χ1n) is 11.6. The fraction of sp³-hybridized carbons (Fsp3) is 0.400. The fourth-order valence-corrected chi connectivity index (χ4v) is 4.93. The number of piperidine rings is 1. The average molecular weight is 482 g/mol. The zero-order valence-corrected chi connectivity index (χ0v) is 20.2. The number of carbonyl (C=O) groups excluding carboxylic acids is 1. The van der Waals surface area contributed by atoms with Gasteiger partial charge in [-0.3, -0.25) is 9.69 Å². The Hall–Kier alpha value is -2.88. The number of ketones is 1. The maximum Gasteiger partial charge on any atom is 0.238 e. The summed E-state index contributed by atoms with van der Waals surface area (Å²) in [6.07, 6.45) is 5.08. The van der Waals surface area contributed by atoms with E-state index in [0.717, 1.165) is 44.5 Å². The number of rotatable bonds is 9. The van der Waals surface area contributed by atoms with Gasteiger partial charge in [-0.2, -0.15) is 9.90 Å². The van der Waals surface area contributed by atoms with Crippen molar-refractivity contribution in [1.29, 1.82) is 0 Å². The lowest BCUT2D eigenvalue weighted by molar-refractivity contribution is 0.0955. The number of benzene rings is 2. The minimum absolute atomic E-state index is 0.0120. The number of Topliss-reactive ketones (excluding diaryl/α,β-unsaturated/α-hetero) is 1. The largest absolute Gasteiger partial charge is 0.299 e. The van der Waals surface area contributed by atoms with Gasteiger partial charge < -0.3 is 0 Å². The summed E-state index contributed by atoms with van der Waals surface area (Å²) in [5.74, 6) is 0.572. The second-order valence-electron chi connectivity index (χ2n) is 9.12. The van der Waals surface area contributed by atoms with Crippen molar-refractivity contribution < 1.29 is 13.2 Å². The highest BCUT2D eigenvalue weighted by molar-refractivity contribution is 7.89. The first kappa shape index (κ1) is 24.3. The van der Waals surface area contributed by atoms with E-state index in [1.807, 2.05) is 0 Å². The van der Waals surface area contributed by atoms with Gasteiger partial charge in [0.05, 0.1) is 17.6 Å². The van der Waals surface area contributed by atoms with E-state index in [1.54, 1.807) is 12.1 Å². The molecule has 0 spiro atoms. The summed E-state index contributed by atoms with van der Waals surface area (Å²) in [6, 6.07) is 14.9. The molecule has 1 fully saturated rings. The first-order chi connectivity index (χ1) is 16.3. The van der Waals surface area contributed by atoms with Crippen molar-refractivity contribution in [2.24, 2.45) is 11.1 Å². The Morgan fingerprint density at radius 1 is 1.06 bits per heavy atom. The Morgan fingerprint density at radius 2 is 1.79 bits per heavy atom. The SMILES string of the molecule is Cc1cccc(CN2CCC(CCC(=O)c3cnn(Cc4ccc(S(N)(=O)=O)cc4)n3)CC2)c1. The Morgan fingerprint density at radius 3 is 2.47 bits per heavy atom. The summed E-state index contributed by atoms with van der Waals surface area (Å²) in [7, 11) is -3.72. The number of sulfonamides is 1. The van der Waals surface area contributed by atoms with Crippen molar-refractivity contribution in [2.75, 3.05) is 13.1 Å². The van der Waals surface area contributed by atoms with Crippen LogP contribution in [0.15, 0.2) is 59.6 Å². The van der Waals surface area contributed by atoms with Crippen molar-refractivity contribution in [3.63, 3.8) is 0 Å². The Bertz CT molecular complexity index is 1230. The number of nitrogens with zero attached hydrogens (tertiary/aromatic N) is 4. The van der Waals surface area contributed by atoms with E-state index >= 15 is 0 Å². The van der Waals surface area contributed by atoms with Crippen LogP contribution in [0.4, 0.5) is 0 Å². The molecule has 1 aliphatic heterocycles. The van der Waals surface area contributed by atoms with Gasteiger partial charge >= 0.3 is 0 Å².